The summed E-state index contributed by atoms with van der Waals surface area (Å²) in [6.07, 6.45) is -3.42. The molecule has 0 spiro atoms. The molecular weight excluding hydrogens is 662 g/mol. The first-order chi connectivity index (χ1) is 22.5. The van der Waals surface area contributed by atoms with E-state index in [0.717, 1.165) is 16.8 Å². The number of halogens is 5. The molecule has 1 fully saturated rings. The average Bonchev–Trinajstić information content (AvgIpc) is 3.27. The van der Waals surface area contributed by atoms with Crippen LogP contribution >= 0.6 is 23.2 Å². The number of nitrogens with zero attached hydrogens (tertiary/aromatic N) is 5. The van der Waals surface area contributed by atoms with E-state index in [-0.39, 0.29) is 31.1 Å². The highest BCUT2D eigenvalue weighted by Gasteiger charge is 2.60. The fourth-order valence-corrected chi connectivity index (χ4v) is 6.70. The summed E-state index contributed by atoms with van der Waals surface area (Å²) in [4.78, 5) is 30.4. The third kappa shape index (κ3) is 7.03. The first-order valence-electron chi connectivity index (χ1n) is 16.1. The third-order valence-electron chi connectivity index (χ3n) is 9.47. The van der Waals surface area contributed by atoms with Crippen molar-refractivity contribution < 1.29 is 22.7 Å². The van der Waals surface area contributed by atoms with Crippen molar-refractivity contribution in [1.29, 1.82) is 0 Å². The minimum atomic E-state index is -4.24. The quantitative estimate of drug-likeness (QED) is 0.247. The molecule has 3 heterocycles. The molecule has 0 unspecified atom stereocenters. The van der Waals surface area contributed by atoms with Gasteiger partial charge in [-0.3, -0.25) is 19.8 Å². The zero-order valence-corrected chi connectivity index (χ0v) is 29.7. The number of pyridine rings is 1. The second-order valence-corrected chi connectivity index (χ2v) is 14.5. The van der Waals surface area contributed by atoms with Crippen LogP contribution in [-0.2, 0) is 16.5 Å². The van der Waals surface area contributed by atoms with E-state index in [2.05, 4.69) is 20.8 Å². The van der Waals surface area contributed by atoms with Crippen molar-refractivity contribution in [2.45, 2.75) is 70.6 Å². The van der Waals surface area contributed by atoms with Gasteiger partial charge in [-0.05, 0) is 56.2 Å². The van der Waals surface area contributed by atoms with Crippen LogP contribution in [0.15, 0.2) is 65.8 Å². The number of piperazine rings is 1. The van der Waals surface area contributed by atoms with Gasteiger partial charge in [0.25, 0.3) is 0 Å². The second kappa shape index (κ2) is 13.5. The van der Waals surface area contributed by atoms with Gasteiger partial charge in [0, 0.05) is 66.1 Å². The number of aliphatic imine (C=N–C) groups is 1. The van der Waals surface area contributed by atoms with E-state index < -0.39 is 23.7 Å². The second-order valence-electron chi connectivity index (χ2n) is 13.7. The number of ether oxygens (including phenoxy) is 1. The molecule has 2 aromatic carbocycles. The SMILES string of the molecule is CCOc1cc(C(C)(C)C)ncc1C1=N[C@@](C)(c2ccc(Cl)cc2)[C@@](C)(c2ccc(Cl)cc2)N1C(=O)N1CCN(CCC(F)(F)F)CC1. The Bertz CT molecular complexity index is 1650. The molecule has 12 heteroatoms. The van der Waals surface area contributed by atoms with Crippen LogP contribution in [0.1, 0.15) is 70.3 Å². The lowest BCUT2D eigenvalue weighted by Crippen LogP contribution is -2.60. The Balaban J connectivity index is 1.68. The summed E-state index contributed by atoms with van der Waals surface area (Å²) in [6.45, 7) is 13.5. The van der Waals surface area contributed by atoms with Crippen LogP contribution < -0.4 is 4.74 Å². The summed E-state index contributed by atoms with van der Waals surface area (Å²) in [5.41, 5.74) is 0.568. The lowest BCUT2D eigenvalue weighted by Gasteiger charge is -2.47. The minimum Gasteiger partial charge on any atom is -0.493 e. The summed E-state index contributed by atoms with van der Waals surface area (Å²) in [7, 11) is 0. The Morgan fingerprint density at radius 3 is 2.00 bits per heavy atom. The van der Waals surface area contributed by atoms with Gasteiger partial charge in [-0.15, -0.1) is 0 Å². The van der Waals surface area contributed by atoms with Crippen molar-refractivity contribution in [3.05, 3.63) is 93.2 Å². The van der Waals surface area contributed by atoms with Gasteiger partial charge in [-0.1, -0.05) is 68.2 Å². The molecule has 48 heavy (non-hydrogen) atoms. The molecule has 2 aliphatic heterocycles. The molecule has 1 aromatic heterocycles. The number of alkyl halides is 3. The summed E-state index contributed by atoms with van der Waals surface area (Å²) in [5.74, 6) is 0.926. The van der Waals surface area contributed by atoms with E-state index in [9.17, 15) is 18.0 Å². The highest BCUT2D eigenvalue weighted by Crippen LogP contribution is 2.54. The molecule has 5 rings (SSSR count). The Labute approximate surface area is 290 Å². The summed E-state index contributed by atoms with van der Waals surface area (Å²) in [5, 5.41) is 1.11. The fourth-order valence-electron chi connectivity index (χ4n) is 6.45. The van der Waals surface area contributed by atoms with Gasteiger partial charge >= 0.3 is 12.2 Å². The van der Waals surface area contributed by atoms with E-state index in [0.29, 0.717) is 46.9 Å². The van der Waals surface area contributed by atoms with Gasteiger partial charge in [0.1, 0.15) is 22.7 Å². The van der Waals surface area contributed by atoms with Crippen LogP contribution in [0.25, 0.3) is 0 Å². The maximum absolute atomic E-state index is 15.0. The Morgan fingerprint density at radius 1 is 0.917 bits per heavy atom. The first-order valence-corrected chi connectivity index (χ1v) is 16.9. The monoisotopic (exact) mass is 703 g/mol. The molecule has 7 nitrogen and oxygen atoms in total. The number of benzene rings is 2. The van der Waals surface area contributed by atoms with Gasteiger partial charge in [0.15, 0.2) is 0 Å². The van der Waals surface area contributed by atoms with E-state index in [1.165, 1.54) is 0 Å². The molecule has 1 saturated heterocycles. The predicted molar refractivity (Wildman–Crippen MR) is 184 cm³/mol. The van der Waals surface area contributed by atoms with Gasteiger partial charge < -0.3 is 9.64 Å². The molecule has 2 atom stereocenters. The van der Waals surface area contributed by atoms with E-state index >= 15 is 0 Å². The van der Waals surface area contributed by atoms with Crippen molar-refractivity contribution in [2.24, 2.45) is 4.99 Å². The molecule has 3 aromatic rings. The maximum Gasteiger partial charge on any atom is 0.390 e. The minimum absolute atomic E-state index is 0.109. The number of urea groups is 1. The van der Waals surface area contributed by atoms with Gasteiger partial charge in [-0.2, -0.15) is 13.2 Å². The van der Waals surface area contributed by atoms with Crippen LogP contribution in [0.5, 0.6) is 5.75 Å². The summed E-state index contributed by atoms with van der Waals surface area (Å²) < 4.78 is 45.1. The first kappa shape index (κ1) is 36.0. The van der Waals surface area contributed by atoms with Crippen LogP contribution in [-0.4, -0.2) is 77.1 Å². The van der Waals surface area contributed by atoms with Gasteiger partial charge in [0.2, 0.25) is 0 Å². The standard InChI is InChI=1S/C36H42Cl2F3N5O2/c1-7-48-29-22-30(33(2,3)4)42-23-28(29)31-43-34(5,24-8-12-26(37)13-9-24)35(6,25-10-14-27(38)15-11-25)46(31)32(47)45-20-18-44(19-21-45)17-16-36(39,40)41/h8-15,22-23H,7,16-21H2,1-6H3/t34-,35+/m0/s1. The number of aromatic nitrogens is 1. The Morgan fingerprint density at radius 2 is 1.48 bits per heavy atom. The maximum atomic E-state index is 15.0. The van der Waals surface area contributed by atoms with Crippen molar-refractivity contribution in [2.75, 3.05) is 39.3 Å². The smallest absolute Gasteiger partial charge is 0.390 e. The molecule has 0 N–H and O–H groups in total. The average molecular weight is 705 g/mol. The number of amides is 2. The highest BCUT2D eigenvalue weighted by atomic mass is 35.5. The van der Waals surface area contributed by atoms with Crippen molar-refractivity contribution in [3.8, 4) is 5.75 Å². The molecule has 2 amide bonds. The summed E-state index contributed by atoms with van der Waals surface area (Å²) in [6, 6.07) is 16.4. The molecular formula is C36H42Cl2F3N5O2. The highest BCUT2D eigenvalue weighted by molar-refractivity contribution is 6.30. The van der Waals surface area contributed by atoms with Gasteiger partial charge in [-0.25, -0.2) is 4.79 Å². The number of amidine groups is 1. The Kier molecular flexibility index (Phi) is 10.1. The molecule has 0 aliphatic carbocycles. The number of carbonyl (C=O) groups excluding carboxylic acids is 1. The predicted octanol–water partition coefficient (Wildman–Crippen LogP) is 8.67. The number of carbonyl (C=O) groups is 1. The number of rotatable bonds is 7. The van der Waals surface area contributed by atoms with Crippen molar-refractivity contribution >= 4 is 35.1 Å². The van der Waals surface area contributed by atoms with Crippen LogP contribution in [0.4, 0.5) is 18.0 Å². The van der Waals surface area contributed by atoms with E-state index in [4.69, 9.17) is 37.9 Å². The largest absolute Gasteiger partial charge is 0.493 e. The Hall–Kier alpha value is -3.34. The van der Waals surface area contributed by atoms with Crippen molar-refractivity contribution in [3.63, 3.8) is 0 Å². The lowest BCUT2D eigenvalue weighted by molar-refractivity contribution is -0.138. The third-order valence-corrected chi connectivity index (χ3v) is 9.97. The lowest BCUT2D eigenvalue weighted by atomic mass is 9.71. The van der Waals surface area contributed by atoms with E-state index in [1.54, 1.807) is 45.2 Å². The van der Waals surface area contributed by atoms with Crippen LogP contribution in [0.2, 0.25) is 10.0 Å². The fraction of sp³-hybridized carbons (Fsp3) is 0.472. The normalized spacial score (nSPS) is 22.2. The number of hydrogen-bond donors (Lipinski definition) is 0. The van der Waals surface area contributed by atoms with Crippen LogP contribution in [0.3, 0.4) is 0 Å². The number of hydrogen-bond acceptors (Lipinski definition) is 5. The topological polar surface area (TPSA) is 61.3 Å². The van der Waals surface area contributed by atoms with E-state index in [1.807, 2.05) is 51.1 Å². The summed E-state index contributed by atoms with van der Waals surface area (Å²) >= 11 is 12.7. The molecule has 0 radical (unpaired) electrons. The van der Waals surface area contributed by atoms with Gasteiger partial charge in [0.05, 0.1) is 18.6 Å². The zero-order chi connectivity index (χ0) is 35.1. The van der Waals surface area contributed by atoms with Crippen LogP contribution in [0, 0.1) is 0 Å². The molecule has 0 bridgehead atoms. The molecule has 2 aliphatic rings. The molecule has 0 saturated carbocycles. The molecule has 258 valence electrons. The van der Waals surface area contributed by atoms with Crippen molar-refractivity contribution in [1.82, 2.24) is 19.7 Å². The zero-order valence-electron chi connectivity index (χ0n) is 28.2.